The maximum Gasteiger partial charge on any atom is 4.00 e. The van der Waals surface area contributed by atoms with Gasteiger partial charge in [-0.25, -0.2) is 0 Å². The van der Waals surface area contributed by atoms with Crippen molar-refractivity contribution in [3.63, 3.8) is 0 Å². The van der Waals surface area contributed by atoms with Crippen molar-refractivity contribution in [1.82, 2.24) is 9.47 Å². The summed E-state index contributed by atoms with van der Waals surface area (Å²) in [5.74, 6) is 0. The fourth-order valence-electron chi connectivity index (χ4n) is 4.06. The summed E-state index contributed by atoms with van der Waals surface area (Å²) in [6.07, 6.45) is 4.06. The summed E-state index contributed by atoms with van der Waals surface area (Å²) in [5, 5.41) is 2.42. The third-order valence-corrected chi connectivity index (χ3v) is 6.43. The van der Waals surface area contributed by atoms with Crippen molar-refractivity contribution in [3.8, 4) is 5.69 Å². The molecule has 5 aromatic rings. The van der Waals surface area contributed by atoms with E-state index in [0.29, 0.717) is 0 Å². The van der Waals surface area contributed by atoms with Gasteiger partial charge in [-0.3, -0.25) is 0 Å². The first-order valence-corrected chi connectivity index (χ1v) is 11.2. The van der Waals surface area contributed by atoms with Crippen LogP contribution in [0.5, 0.6) is 0 Å². The molecular weight excluding hydrogens is 605 g/mol. The molecule has 6 rings (SSSR count). The average Bonchev–Trinajstić information content (AvgIpc) is 3.41. The van der Waals surface area contributed by atoms with Crippen LogP contribution in [0.1, 0.15) is 0 Å². The van der Waals surface area contributed by atoms with Crippen LogP contribution in [0.3, 0.4) is 0 Å². The summed E-state index contributed by atoms with van der Waals surface area (Å²) >= 11 is 1.68. The number of fused-ring (bicyclic) bond motifs is 3. The van der Waals surface area contributed by atoms with Crippen molar-refractivity contribution in [2.75, 3.05) is 11.9 Å². The second-order valence-electron chi connectivity index (χ2n) is 7.67. The predicted octanol–water partition coefficient (Wildman–Crippen LogP) is 6.68. The van der Waals surface area contributed by atoms with Gasteiger partial charge in [0.05, 0.1) is 0 Å². The van der Waals surface area contributed by atoms with E-state index < -0.39 is 0 Å². The monoisotopic (exact) mass is 624 g/mol. The number of hydrogen-bond donors (Lipinski definition) is 0. The first-order valence-electron chi connectivity index (χ1n) is 10.4. The molecule has 0 spiro atoms. The molecule has 0 N–H and O–H groups in total. The molecule has 3 nitrogen and oxygen atoms in total. The van der Waals surface area contributed by atoms with Gasteiger partial charge in [0.15, 0.2) is 0 Å². The van der Waals surface area contributed by atoms with Gasteiger partial charge >= 0.3 is 21.1 Å². The van der Waals surface area contributed by atoms with Crippen molar-refractivity contribution in [2.45, 2.75) is 9.79 Å². The average molecular weight is 625 g/mol. The Hall–Kier alpha value is -2.94. The normalized spacial score (nSPS) is 13.1. The summed E-state index contributed by atoms with van der Waals surface area (Å²) in [6.45, 7) is 2.03. The molecule has 33 heavy (non-hydrogen) atoms. The van der Waals surface area contributed by atoms with Crippen LogP contribution in [0.15, 0.2) is 101 Å². The topological polar surface area (TPSA) is 11.4 Å². The third-order valence-electron chi connectivity index (χ3n) is 5.51. The minimum atomic E-state index is 0. The van der Waals surface area contributed by atoms with Crippen LogP contribution in [-0.2, 0) is 21.1 Å². The van der Waals surface area contributed by atoms with E-state index in [1.807, 2.05) is 49.2 Å². The quantitative estimate of drug-likeness (QED) is 0.207. The fourth-order valence-corrected chi connectivity index (χ4v) is 4.89. The summed E-state index contributed by atoms with van der Waals surface area (Å²) in [4.78, 5) is 6.21. The predicted molar refractivity (Wildman–Crippen MR) is 132 cm³/mol. The zero-order chi connectivity index (χ0) is 21.5. The van der Waals surface area contributed by atoms with Gasteiger partial charge in [0.25, 0.3) is 0 Å². The van der Waals surface area contributed by atoms with Crippen LogP contribution in [-0.4, -0.2) is 16.5 Å². The van der Waals surface area contributed by atoms with Gasteiger partial charge < -0.3 is 14.4 Å². The van der Waals surface area contributed by atoms with Crippen molar-refractivity contribution < 1.29 is 21.1 Å². The molecule has 162 valence electrons. The minimum absolute atomic E-state index is 0. The largest absolute Gasteiger partial charge is 4.00 e. The Bertz CT molecular complexity index is 1460. The minimum Gasteiger partial charge on any atom is -0.510 e. The maximum atomic E-state index is 3.67. The van der Waals surface area contributed by atoms with E-state index in [9.17, 15) is 0 Å². The molecule has 2 heterocycles. The zero-order valence-corrected chi connectivity index (χ0v) is 20.9. The maximum absolute atomic E-state index is 3.67. The van der Waals surface area contributed by atoms with Crippen molar-refractivity contribution in [3.05, 3.63) is 116 Å². The Morgan fingerprint density at radius 2 is 1.58 bits per heavy atom. The van der Waals surface area contributed by atoms with Gasteiger partial charge in [-0.1, -0.05) is 29.4 Å². The second-order valence-corrected chi connectivity index (χ2v) is 8.76. The van der Waals surface area contributed by atoms with Crippen LogP contribution in [0.4, 0.5) is 5.69 Å². The van der Waals surface area contributed by atoms with Gasteiger partial charge in [0.1, 0.15) is 0 Å². The summed E-state index contributed by atoms with van der Waals surface area (Å²) < 4.78 is 2.24. The zero-order valence-electron chi connectivity index (χ0n) is 17.8. The molecule has 1 aliphatic heterocycles. The van der Waals surface area contributed by atoms with Crippen molar-refractivity contribution in [1.29, 1.82) is 0 Å². The number of nitrogens with zero attached hydrogens (tertiary/aromatic N) is 3. The van der Waals surface area contributed by atoms with Crippen LogP contribution < -0.4 is 4.90 Å². The number of anilines is 1. The SMILES string of the molecule is CN1C=CN(c2[c-]c(Sc3[c-]c4c(cc3)c3ccccc3n4-c3[c-]cccc3)ccc2)[CH-]1.[Pt+4]. The van der Waals surface area contributed by atoms with Crippen LogP contribution in [0, 0.1) is 24.9 Å². The number of hydrogen-bond acceptors (Lipinski definition) is 3. The molecule has 0 bridgehead atoms. The van der Waals surface area contributed by atoms with E-state index in [0.717, 1.165) is 32.2 Å². The molecule has 5 heteroatoms. The number of benzene rings is 4. The molecule has 1 aromatic heterocycles. The summed E-state index contributed by atoms with van der Waals surface area (Å²) in [7, 11) is 2.02. The van der Waals surface area contributed by atoms with Crippen LogP contribution in [0.2, 0.25) is 0 Å². The number of para-hydroxylation sites is 2. The molecule has 0 unspecified atom stereocenters. The summed E-state index contributed by atoms with van der Waals surface area (Å²) in [5.41, 5.74) is 4.26. The standard InChI is InChI=1S/C28H19N3S.Pt/c1-29-16-17-30(20-29)22-10-7-11-23(18-22)32-24-14-15-26-25-12-5-6-13-27(25)31(28(26)19-24)21-8-3-2-4-9-21;/h2-8,10-17,20H,1H3;/q-4;+4. The third kappa shape index (κ3) is 4.10. The Morgan fingerprint density at radius 3 is 2.39 bits per heavy atom. The van der Waals surface area contributed by atoms with Crippen LogP contribution >= 0.6 is 11.8 Å². The van der Waals surface area contributed by atoms with Crippen molar-refractivity contribution >= 4 is 39.3 Å². The molecule has 0 radical (unpaired) electrons. The molecule has 0 atom stereocenters. The number of aromatic nitrogens is 1. The molecular formula is C28H19N3PtS. The van der Waals surface area contributed by atoms with E-state index in [1.54, 1.807) is 11.8 Å². The smallest absolute Gasteiger partial charge is 0.510 e. The van der Waals surface area contributed by atoms with Gasteiger partial charge in [-0.15, -0.1) is 50.8 Å². The van der Waals surface area contributed by atoms with E-state index >= 15 is 0 Å². The molecule has 0 amide bonds. The Labute approximate surface area is 212 Å². The Kier molecular flexibility index (Phi) is 6.05. The molecule has 0 fully saturated rings. The number of rotatable bonds is 4. The van der Waals surface area contributed by atoms with Gasteiger partial charge in [0.2, 0.25) is 0 Å². The molecule has 0 saturated heterocycles. The molecule has 4 aromatic carbocycles. The van der Waals surface area contributed by atoms with E-state index in [-0.39, 0.29) is 21.1 Å². The Balaban J connectivity index is 0.00000228. The fraction of sp³-hybridized carbons (Fsp3) is 0.0357. The van der Waals surface area contributed by atoms with E-state index in [2.05, 4.69) is 88.3 Å². The van der Waals surface area contributed by atoms with E-state index in [1.165, 1.54) is 10.8 Å². The first-order chi connectivity index (χ1) is 15.8. The molecule has 0 saturated carbocycles. The Morgan fingerprint density at radius 1 is 0.758 bits per heavy atom. The molecule has 1 aliphatic rings. The van der Waals surface area contributed by atoms with Gasteiger partial charge in [-0.05, 0) is 30.9 Å². The second kappa shape index (κ2) is 9.13. The van der Waals surface area contributed by atoms with Crippen LogP contribution in [0.25, 0.3) is 27.5 Å². The van der Waals surface area contributed by atoms with E-state index in [4.69, 9.17) is 0 Å². The first kappa shape index (κ1) is 21.9. The van der Waals surface area contributed by atoms with Crippen molar-refractivity contribution in [2.24, 2.45) is 0 Å². The van der Waals surface area contributed by atoms with Gasteiger partial charge in [0, 0.05) is 5.52 Å². The summed E-state index contributed by atoms with van der Waals surface area (Å²) in [6, 6.07) is 37.7. The molecule has 0 aliphatic carbocycles. The van der Waals surface area contributed by atoms with Gasteiger partial charge in [-0.2, -0.15) is 61.3 Å².